The zero-order valence-corrected chi connectivity index (χ0v) is 10.5. The molecule has 20 heavy (non-hydrogen) atoms. The van der Waals surface area contributed by atoms with Crippen molar-refractivity contribution in [3.8, 4) is 11.5 Å². The lowest BCUT2D eigenvalue weighted by Crippen LogP contribution is -2.32. The fourth-order valence-electron chi connectivity index (χ4n) is 2.45. The molecule has 11 nitrogen and oxygen atoms in total. The van der Waals surface area contributed by atoms with Crippen molar-refractivity contribution in [2.45, 2.75) is 13.0 Å². The monoisotopic (exact) mass is 273 g/mol. The lowest BCUT2D eigenvalue weighted by Gasteiger charge is -2.29. The number of hydrogen-bond acceptors (Lipinski definition) is 8. The number of imidazole rings is 1. The Morgan fingerprint density at radius 1 is 1.20 bits per heavy atom. The van der Waals surface area contributed by atoms with Gasteiger partial charge in [-0.15, -0.1) is 10.2 Å². The number of anilines is 1. The van der Waals surface area contributed by atoms with Gasteiger partial charge in [-0.3, -0.25) is 0 Å². The number of H-pyrrole nitrogens is 2. The number of aromatic amines is 2. The van der Waals surface area contributed by atoms with Crippen LogP contribution in [-0.4, -0.2) is 57.3 Å². The van der Waals surface area contributed by atoms with Gasteiger partial charge in [0.15, 0.2) is 11.6 Å². The van der Waals surface area contributed by atoms with Gasteiger partial charge in [-0.05, 0) is 20.9 Å². The van der Waals surface area contributed by atoms with Crippen LogP contribution < -0.4 is 5.32 Å². The van der Waals surface area contributed by atoms with Gasteiger partial charge in [-0.25, -0.2) is 15.2 Å². The molecule has 4 rings (SSSR count). The molecule has 0 spiro atoms. The van der Waals surface area contributed by atoms with E-state index in [-0.39, 0.29) is 6.04 Å². The Hall–Kier alpha value is -2.85. The highest BCUT2D eigenvalue weighted by Gasteiger charge is 2.31. The first kappa shape index (κ1) is 11.0. The molecule has 2 unspecified atom stereocenters. The number of aromatic nitrogens is 10. The molecule has 0 aliphatic carbocycles. The molecular formula is C9H11N11. The molecule has 11 heteroatoms. The zero-order chi connectivity index (χ0) is 13.5. The predicted molar refractivity (Wildman–Crippen MR) is 65.4 cm³/mol. The van der Waals surface area contributed by atoms with Crippen molar-refractivity contribution >= 4 is 5.95 Å². The van der Waals surface area contributed by atoms with Gasteiger partial charge in [-0.2, -0.15) is 0 Å². The van der Waals surface area contributed by atoms with Gasteiger partial charge >= 0.3 is 0 Å². The Morgan fingerprint density at radius 2 is 2.05 bits per heavy atom. The first-order valence-corrected chi connectivity index (χ1v) is 6.13. The maximum atomic E-state index is 4.48. The SMILES string of the molecule is CC1CNc2nc(-c3nnn[nH]3)cn2C1c1nnn[nH]1. The molecule has 4 heterocycles. The normalized spacial score (nSPS) is 21.4. The molecular weight excluding hydrogens is 262 g/mol. The van der Waals surface area contributed by atoms with Crippen LogP contribution in [0, 0.1) is 5.92 Å². The fraction of sp³-hybridized carbons (Fsp3) is 0.444. The standard InChI is InChI=1S/C9H11N11/c1-4-2-10-9-11-5(7-12-16-17-13-7)3-20(9)6(4)8-14-18-19-15-8/h3-4,6H,2H2,1H3,(H,10,11)(H,12,13,16,17)(H,14,15,18,19). The number of hydrogen-bond donors (Lipinski definition) is 3. The molecule has 0 radical (unpaired) electrons. The van der Waals surface area contributed by atoms with Crippen LogP contribution in [0.1, 0.15) is 18.8 Å². The molecule has 102 valence electrons. The van der Waals surface area contributed by atoms with Crippen molar-refractivity contribution in [2.75, 3.05) is 11.9 Å². The summed E-state index contributed by atoms with van der Waals surface area (Å²) in [4.78, 5) is 4.48. The maximum absolute atomic E-state index is 4.48. The smallest absolute Gasteiger partial charge is 0.204 e. The Balaban J connectivity index is 1.81. The van der Waals surface area contributed by atoms with E-state index in [9.17, 15) is 0 Å². The minimum atomic E-state index is -0.00150. The van der Waals surface area contributed by atoms with Crippen LogP contribution in [0.4, 0.5) is 5.95 Å². The Bertz CT molecular complexity index is 696. The number of nitrogens with one attached hydrogen (secondary N) is 3. The summed E-state index contributed by atoms with van der Waals surface area (Å²) >= 11 is 0. The number of fused-ring (bicyclic) bond motifs is 1. The minimum Gasteiger partial charge on any atom is -0.355 e. The Labute approximate surface area is 112 Å². The van der Waals surface area contributed by atoms with Gasteiger partial charge in [0.05, 0.1) is 0 Å². The lowest BCUT2D eigenvalue weighted by atomic mass is 9.99. The predicted octanol–water partition coefficient (Wildman–Crippen LogP) is -0.773. The summed E-state index contributed by atoms with van der Waals surface area (Å²) in [6.45, 7) is 2.91. The number of tetrazole rings is 2. The molecule has 0 fully saturated rings. The second-order valence-corrected chi connectivity index (χ2v) is 4.70. The molecule has 1 aliphatic rings. The van der Waals surface area contributed by atoms with E-state index in [0.29, 0.717) is 23.3 Å². The van der Waals surface area contributed by atoms with E-state index in [2.05, 4.69) is 58.5 Å². The van der Waals surface area contributed by atoms with Crippen molar-refractivity contribution < 1.29 is 0 Å². The summed E-state index contributed by atoms with van der Waals surface area (Å²) in [5, 5.41) is 31.1. The van der Waals surface area contributed by atoms with Crippen molar-refractivity contribution in [2.24, 2.45) is 5.92 Å². The average Bonchev–Trinajstić information content (AvgIpc) is 3.19. The number of rotatable bonds is 2. The molecule has 3 aromatic heterocycles. The zero-order valence-electron chi connectivity index (χ0n) is 10.5. The molecule has 0 amide bonds. The van der Waals surface area contributed by atoms with E-state index in [4.69, 9.17) is 0 Å². The lowest BCUT2D eigenvalue weighted by molar-refractivity contribution is 0.385. The van der Waals surface area contributed by atoms with E-state index in [1.54, 1.807) is 0 Å². The van der Waals surface area contributed by atoms with Crippen molar-refractivity contribution in [3.63, 3.8) is 0 Å². The second kappa shape index (κ2) is 4.08. The van der Waals surface area contributed by atoms with Crippen molar-refractivity contribution in [1.29, 1.82) is 0 Å². The van der Waals surface area contributed by atoms with Gasteiger partial charge in [0, 0.05) is 18.7 Å². The van der Waals surface area contributed by atoms with Crippen LogP contribution in [0.5, 0.6) is 0 Å². The van der Waals surface area contributed by atoms with Crippen LogP contribution in [0.2, 0.25) is 0 Å². The topological polar surface area (TPSA) is 139 Å². The van der Waals surface area contributed by atoms with Crippen LogP contribution in [-0.2, 0) is 0 Å². The van der Waals surface area contributed by atoms with Crippen molar-refractivity contribution in [3.05, 3.63) is 12.0 Å². The summed E-state index contributed by atoms with van der Waals surface area (Å²) in [6, 6.07) is -0.00150. The summed E-state index contributed by atoms with van der Waals surface area (Å²) in [5.41, 5.74) is 0.670. The molecule has 2 atom stereocenters. The molecule has 0 bridgehead atoms. The third-order valence-corrected chi connectivity index (χ3v) is 3.38. The highest BCUT2D eigenvalue weighted by atomic mass is 15.5. The van der Waals surface area contributed by atoms with Crippen LogP contribution in [0.15, 0.2) is 6.20 Å². The molecule has 0 aromatic carbocycles. The van der Waals surface area contributed by atoms with Crippen LogP contribution in [0.3, 0.4) is 0 Å². The summed E-state index contributed by atoms with van der Waals surface area (Å²) in [6.07, 6.45) is 1.88. The molecule has 3 N–H and O–H groups in total. The summed E-state index contributed by atoms with van der Waals surface area (Å²) in [7, 11) is 0. The molecule has 1 aliphatic heterocycles. The van der Waals surface area contributed by atoms with E-state index < -0.39 is 0 Å². The first-order chi connectivity index (χ1) is 9.83. The largest absolute Gasteiger partial charge is 0.355 e. The Kier molecular flexibility index (Phi) is 2.25. The summed E-state index contributed by atoms with van der Waals surface area (Å²) in [5.74, 6) is 2.29. The van der Waals surface area contributed by atoms with Crippen LogP contribution >= 0.6 is 0 Å². The first-order valence-electron chi connectivity index (χ1n) is 6.13. The summed E-state index contributed by atoms with van der Waals surface area (Å²) < 4.78 is 1.99. The maximum Gasteiger partial charge on any atom is 0.204 e. The third-order valence-electron chi connectivity index (χ3n) is 3.38. The highest BCUT2D eigenvalue weighted by molar-refractivity contribution is 5.52. The fourth-order valence-corrected chi connectivity index (χ4v) is 2.45. The number of nitrogens with zero attached hydrogens (tertiary/aromatic N) is 8. The van der Waals surface area contributed by atoms with E-state index in [1.807, 2.05) is 10.8 Å². The molecule has 3 aromatic rings. The van der Waals surface area contributed by atoms with Gasteiger partial charge in [0.2, 0.25) is 5.95 Å². The van der Waals surface area contributed by atoms with E-state index in [1.165, 1.54) is 0 Å². The van der Waals surface area contributed by atoms with Gasteiger partial charge < -0.3 is 9.88 Å². The third kappa shape index (κ3) is 1.56. The molecule has 0 saturated heterocycles. The van der Waals surface area contributed by atoms with Gasteiger partial charge in [0.25, 0.3) is 0 Å². The average molecular weight is 273 g/mol. The Morgan fingerprint density at radius 3 is 2.80 bits per heavy atom. The quantitative estimate of drug-likeness (QED) is 0.553. The van der Waals surface area contributed by atoms with Gasteiger partial charge in [-0.1, -0.05) is 6.92 Å². The molecule has 0 saturated carbocycles. The second-order valence-electron chi connectivity index (χ2n) is 4.70. The highest BCUT2D eigenvalue weighted by Crippen LogP contribution is 2.33. The van der Waals surface area contributed by atoms with E-state index in [0.717, 1.165) is 12.5 Å². The van der Waals surface area contributed by atoms with Crippen LogP contribution in [0.25, 0.3) is 11.5 Å². The minimum absolute atomic E-state index is 0.00150. The van der Waals surface area contributed by atoms with E-state index >= 15 is 0 Å². The van der Waals surface area contributed by atoms with Gasteiger partial charge in [0.1, 0.15) is 11.7 Å². The van der Waals surface area contributed by atoms with Crippen molar-refractivity contribution in [1.82, 2.24) is 50.8 Å².